The first-order valence-electron chi connectivity index (χ1n) is 5.49. The number of rotatable bonds is 6. The maximum atomic E-state index is 4.27. The number of anilines is 1. The molecule has 0 amide bonds. The molecule has 0 unspecified atom stereocenters. The van der Waals surface area contributed by atoms with Gasteiger partial charge in [-0.05, 0) is 18.6 Å². The molecule has 2 aromatic rings. The third-order valence-corrected chi connectivity index (χ3v) is 3.77. The van der Waals surface area contributed by atoms with Gasteiger partial charge in [0.2, 0.25) is 0 Å². The fourth-order valence-corrected chi connectivity index (χ4v) is 2.74. The highest BCUT2D eigenvalue weighted by atomic mass is 32.2. The average molecular weight is 266 g/mol. The summed E-state index contributed by atoms with van der Waals surface area (Å²) in [6.45, 7) is 3.11. The molecule has 17 heavy (non-hydrogen) atoms. The first kappa shape index (κ1) is 12.3. The largest absolute Gasteiger partial charge is 0.374 e. The van der Waals surface area contributed by atoms with Crippen molar-refractivity contribution in [3.63, 3.8) is 0 Å². The third-order valence-electron chi connectivity index (χ3n) is 2.09. The van der Waals surface area contributed by atoms with Crippen LogP contribution in [0.3, 0.4) is 0 Å². The number of hydrogen-bond donors (Lipinski definition) is 1. The first-order chi connectivity index (χ1) is 8.40. The Morgan fingerprint density at radius 2 is 2.35 bits per heavy atom. The first-order valence-corrected chi connectivity index (χ1v) is 7.25. The van der Waals surface area contributed by atoms with E-state index in [2.05, 4.69) is 26.8 Å². The van der Waals surface area contributed by atoms with Gasteiger partial charge in [0.25, 0.3) is 0 Å². The Kier molecular flexibility index (Phi) is 4.75. The normalized spacial score (nSPS) is 10.4. The Labute approximate surface area is 109 Å². The topological polar surface area (TPSA) is 50.7 Å². The number of aromatic nitrogens is 3. The minimum Gasteiger partial charge on any atom is -0.374 e. The van der Waals surface area contributed by atoms with Gasteiger partial charge in [-0.3, -0.25) is 0 Å². The quantitative estimate of drug-likeness (QED) is 0.814. The van der Waals surface area contributed by atoms with Crippen molar-refractivity contribution >= 4 is 28.3 Å². The fourth-order valence-electron chi connectivity index (χ4n) is 1.25. The van der Waals surface area contributed by atoms with E-state index in [1.54, 1.807) is 18.0 Å². The van der Waals surface area contributed by atoms with Crippen molar-refractivity contribution in [3.05, 3.63) is 30.1 Å². The van der Waals surface area contributed by atoms with E-state index in [9.17, 15) is 0 Å². The van der Waals surface area contributed by atoms with Gasteiger partial charge in [-0.2, -0.15) is 0 Å². The van der Waals surface area contributed by atoms with Crippen LogP contribution in [-0.2, 0) is 5.75 Å². The van der Waals surface area contributed by atoms with Crippen LogP contribution in [0.1, 0.15) is 19.0 Å². The number of pyridine rings is 1. The molecule has 4 nitrogen and oxygen atoms in total. The van der Waals surface area contributed by atoms with Gasteiger partial charge in [-0.25, -0.2) is 4.98 Å². The minimum atomic E-state index is 0.805. The maximum absolute atomic E-state index is 4.27. The summed E-state index contributed by atoms with van der Waals surface area (Å²) in [6.07, 6.45) is 2.91. The lowest BCUT2D eigenvalue weighted by Crippen LogP contribution is -2.00. The standard InChI is InChI=1S/C11H14N4S2/c1-2-6-13-11-9(14-15-17-11)8-16-10-5-3-4-7-12-10/h3-5,7,13H,2,6,8H2,1H3. The van der Waals surface area contributed by atoms with E-state index in [0.29, 0.717) is 0 Å². The zero-order chi connectivity index (χ0) is 11.9. The van der Waals surface area contributed by atoms with Crippen molar-refractivity contribution < 1.29 is 0 Å². The van der Waals surface area contributed by atoms with Crippen molar-refractivity contribution in [2.24, 2.45) is 0 Å². The smallest absolute Gasteiger partial charge is 0.134 e. The molecule has 0 aliphatic heterocycles. The molecule has 0 saturated carbocycles. The predicted octanol–water partition coefficient (Wildman–Crippen LogP) is 3.05. The van der Waals surface area contributed by atoms with E-state index < -0.39 is 0 Å². The van der Waals surface area contributed by atoms with E-state index in [1.165, 1.54) is 11.5 Å². The molecule has 0 saturated heterocycles. The highest BCUT2D eigenvalue weighted by molar-refractivity contribution is 7.98. The van der Waals surface area contributed by atoms with E-state index in [4.69, 9.17) is 0 Å². The van der Waals surface area contributed by atoms with E-state index in [1.807, 2.05) is 18.2 Å². The van der Waals surface area contributed by atoms with Crippen LogP contribution in [-0.4, -0.2) is 21.1 Å². The molecule has 0 radical (unpaired) electrons. The molecule has 2 rings (SSSR count). The monoisotopic (exact) mass is 266 g/mol. The second-order valence-corrected chi connectivity index (χ2v) is 5.18. The molecule has 0 aromatic carbocycles. The molecule has 0 aliphatic rings. The number of nitrogens with one attached hydrogen (secondary N) is 1. The molecule has 0 spiro atoms. The lowest BCUT2D eigenvalue weighted by Gasteiger charge is -2.02. The molecule has 0 aliphatic carbocycles. The van der Waals surface area contributed by atoms with E-state index in [-0.39, 0.29) is 0 Å². The summed E-state index contributed by atoms with van der Waals surface area (Å²) in [5, 5.41) is 9.58. The SMILES string of the molecule is CCCNc1snnc1CSc1ccccn1. The molecule has 0 fully saturated rings. The summed E-state index contributed by atoms with van der Waals surface area (Å²) >= 11 is 3.10. The summed E-state index contributed by atoms with van der Waals surface area (Å²) < 4.78 is 3.98. The Balaban J connectivity index is 1.92. The lowest BCUT2D eigenvalue weighted by molar-refractivity contribution is 0.976. The minimum absolute atomic E-state index is 0.805. The van der Waals surface area contributed by atoms with Crippen LogP contribution < -0.4 is 5.32 Å². The van der Waals surface area contributed by atoms with Crippen LogP contribution in [0.2, 0.25) is 0 Å². The highest BCUT2D eigenvalue weighted by Crippen LogP contribution is 2.25. The zero-order valence-electron chi connectivity index (χ0n) is 9.59. The van der Waals surface area contributed by atoms with Crippen molar-refractivity contribution in [2.75, 3.05) is 11.9 Å². The van der Waals surface area contributed by atoms with Gasteiger partial charge >= 0.3 is 0 Å². The zero-order valence-corrected chi connectivity index (χ0v) is 11.2. The summed E-state index contributed by atoms with van der Waals surface area (Å²) in [4.78, 5) is 4.27. The Morgan fingerprint density at radius 1 is 1.41 bits per heavy atom. The predicted molar refractivity (Wildman–Crippen MR) is 72.5 cm³/mol. The Morgan fingerprint density at radius 3 is 3.12 bits per heavy atom. The second-order valence-electron chi connectivity index (χ2n) is 3.43. The van der Waals surface area contributed by atoms with Gasteiger partial charge in [0.1, 0.15) is 10.7 Å². The van der Waals surface area contributed by atoms with Gasteiger partial charge < -0.3 is 5.32 Å². The van der Waals surface area contributed by atoms with Gasteiger partial charge in [-0.1, -0.05) is 29.2 Å². The summed E-state index contributed by atoms with van der Waals surface area (Å²) in [6, 6.07) is 5.91. The Hall–Kier alpha value is -1.14. The van der Waals surface area contributed by atoms with E-state index in [0.717, 1.165) is 34.4 Å². The maximum Gasteiger partial charge on any atom is 0.134 e. The molecule has 1 N–H and O–H groups in total. The molecule has 2 heterocycles. The lowest BCUT2D eigenvalue weighted by atomic mass is 10.4. The van der Waals surface area contributed by atoms with E-state index >= 15 is 0 Å². The molecular weight excluding hydrogens is 252 g/mol. The van der Waals surface area contributed by atoms with Crippen LogP contribution in [0.5, 0.6) is 0 Å². The van der Waals surface area contributed by atoms with Crippen molar-refractivity contribution in [3.8, 4) is 0 Å². The molecule has 6 heteroatoms. The van der Waals surface area contributed by atoms with Crippen molar-refractivity contribution in [1.82, 2.24) is 14.6 Å². The number of nitrogens with zero attached hydrogens (tertiary/aromatic N) is 3. The second kappa shape index (κ2) is 6.56. The molecule has 2 aromatic heterocycles. The Bertz CT molecular complexity index is 444. The van der Waals surface area contributed by atoms with Crippen molar-refractivity contribution in [1.29, 1.82) is 0 Å². The van der Waals surface area contributed by atoms with Crippen LogP contribution >= 0.6 is 23.3 Å². The fraction of sp³-hybridized carbons (Fsp3) is 0.364. The molecule has 0 atom stereocenters. The number of hydrogen-bond acceptors (Lipinski definition) is 6. The van der Waals surface area contributed by atoms with Crippen LogP contribution in [0.25, 0.3) is 0 Å². The average Bonchev–Trinajstić information content (AvgIpc) is 2.82. The molecule has 0 bridgehead atoms. The highest BCUT2D eigenvalue weighted by Gasteiger charge is 2.07. The van der Waals surface area contributed by atoms with Gasteiger partial charge in [0.05, 0.1) is 5.03 Å². The third kappa shape index (κ3) is 3.67. The van der Waals surface area contributed by atoms with Gasteiger partial charge in [0.15, 0.2) is 0 Å². The molecular formula is C11H14N4S2. The summed E-state index contributed by atoms with van der Waals surface area (Å²) in [7, 11) is 0. The molecule has 90 valence electrons. The van der Waals surface area contributed by atoms with Gasteiger partial charge in [-0.15, -0.1) is 5.10 Å². The summed E-state index contributed by atoms with van der Waals surface area (Å²) in [5.74, 6) is 0.805. The van der Waals surface area contributed by atoms with Crippen LogP contribution in [0, 0.1) is 0 Å². The summed E-state index contributed by atoms with van der Waals surface area (Å²) in [5.41, 5.74) is 1.01. The van der Waals surface area contributed by atoms with Gasteiger partial charge in [0, 0.05) is 30.0 Å². The van der Waals surface area contributed by atoms with Crippen LogP contribution in [0.4, 0.5) is 5.00 Å². The van der Waals surface area contributed by atoms with Crippen molar-refractivity contribution in [2.45, 2.75) is 24.1 Å². The number of thioether (sulfide) groups is 1. The van der Waals surface area contributed by atoms with Crippen LogP contribution in [0.15, 0.2) is 29.4 Å².